The van der Waals surface area contributed by atoms with E-state index in [4.69, 9.17) is 43.0 Å². The van der Waals surface area contributed by atoms with Gasteiger partial charge in [-0.15, -0.1) is 0 Å². The lowest BCUT2D eigenvalue weighted by Gasteiger charge is -2.11. The topological polar surface area (TPSA) is 323 Å². The van der Waals surface area contributed by atoms with Crippen molar-refractivity contribution in [3.05, 3.63) is 333 Å². The number of nitrogens with one attached hydrogen (secondary N) is 5. The number of hydrogen-bond donors (Lipinski definition) is 13. The van der Waals surface area contributed by atoms with Crippen molar-refractivity contribution in [2.24, 2.45) is 11.5 Å². The van der Waals surface area contributed by atoms with Gasteiger partial charge in [0.25, 0.3) is 0 Å². The highest BCUT2D eigenvalue weighted by atomic mass is 16.3. The van der Waals surface area contributed by atoms with Crippen LogP contribution in [0.15, 0.2) is 289 Å². The maximum atomic E-state index is 11.3. The molecule has 0 bridgehead atoms. The molecule has 8 aromatic carbocycles. The number of rotatable bonds is 12. The third-order valence-corrected chi connectivity index (χ3v) is 15.0. The molecule has 0 amide bonds. The Labute approximate surface area is 575 Å². The highest BCUT2D eigenvalue weighted by Crippen LogP contribution is 2.47. The van der Waals surface area contributed by atoms with Gasteiger partial charge in [0.2, 0.25) is 0 Å². The van der Waals surface area contributed by atoms with Gasteiger partial charge in [-0.2, -0.15) is 0 Å². The van der Waals surface area contributed by atoms with E-state index in [1.165, 1.54) is 34.6 Å². The molecule has 0 saturated carbocycles. The summed E-state index contributed by atoms with van der Waals surface area (Å²) in [5, 5.41) is 84.4. The van der Waals surface area contributed by atoms with E-state index in [-0.39, 0.29) is 40.3 Å². The molecule has 0 unspecified atom stereocenters. The van der Waals surface area contributed by atoms with Gasteiger partial charge in [-0.25, -0.2) is 0 Å². The van der Waals surface area contributed by atoms with Crippen LogP contribution in [0.4, 0.5) is 22.7 Å². The molecule has 0 aromatic heterocycles. The first-order chi connectivity index (χ1) is 47.8. The fourth-order valence-electron chi connectivity index (χ4n) is 9.93. The van der Waals surface area contributed by atoms with Gasteiger partial charge in [0.15, 0.2) is 11.6 Å². The molecule has 6 aliphatic rings. The zero-order chi connectivity index (χ0) is 70.0. The Balaban J connectivity index is 0.000000139. The van der Waals surface area contributed by atoms with E-state index in [1.54, 1.807) is 103 Å². The molecular formula is C84H75N7O8. The second-order valence-electron chi connectivity index (χ2n) is 23.4. The van der Waals surface area contributed by atoms with Gasteiger partial charge in [-0.3, -0.25) is 9.59 Å². The number of fused-ring (bicyclic) bond motifs is 2. The van der Waals surface area contributed by atoms with E-state index in [1.807, 2.05) is 134 Å². The average Bonchev–Trinajstić information content (AvgIpc) is 1.64. The van der Waals surface area contributed by atoms with Crippen molar-refractivity contribution < 1.29 is 40.2 Å². The molecule has 4 aliphatic carbocycles. The Hall–Kier alpha value is -13.3. The molecule has 2 aliphatic heterocycles. The summed E-state index contributed by atoms with van der Waals surface area (Å²) in [6.45, 7) is 0. The molecule has 15 heteroatoms. The summed E-state index contributed by atoms with van der Waals surface area (Å²) in [5.41, 5.74) is 30.4. The molecular weight excluding hydrogens is 1230 g/mol. The standard InChI is InChI=1S/C14H10N2O.C14H14N2O.3C14H13NO2.C14H12/c17-13-7-9(6-12-14(13)16-12)2-1-8-3-4-10-11(5-8)15-10;15-12-7-11(8-13(16)9-12)2-1-10-3-5-14(17)6-4-10;2*15-12-7-11(8-14(17)9-12)2-1-10-3-5-13(16)6-4-10;15-12-5-3-10(4-6-12)1-2-11-7-13(16)9-14(17)8-11;1-3-7-13(8-4-1)11-12-14-9-5-2-6-10-14/h1-7,15-17H;1-7,15-17H,8-9H2;1-6,8-9,16H,7,15H2;1-8,16H,9,15H2;1-5,7-9,15-17H,6H2;1-12H. The summed E-state index contributed by atoms with van der Waals surface area (Å²) in [6, 6.07) is 55.7. The van der Waals surface area contributed by atoms with E-state index in [2.05, 4.69) is 65.3 Å². The number of allylic oxidation sites excluding steroid dienone is 17. The number of aromatic hydroxyl groups is 6. The Kier molecular flexibility index (Phi) is 24.6. The second-order valence-corrected chi connectivity index (χ2v) is 23.4. The Morgan fingerprint density at radius 2 is 0.828 bits per heavy atom. The first kappa shape index (κ1) is 70.1. The summed E-state index contributed by atoms with van der Waals surface area (Å²) in [5.74, 6) is 1.08. The predicted octanol–water partition coefficient (Wildman–Crippen LogP) is 18.0. The first-order valence-corrected chi connectivity index (χ1v) is 31.6. The molecule has 14 rings (SSSR count). The smallest absolute Gasteiger partial charge is 0.180 e. The maximum Gasteiger partial charge on any atom is 0.180 e. The summed E-state index contributed by atoms with van der Waals surface area (Å²) >= 11 is 0. The molecule has 494 valence electrons. The van der Waals surface area contributed by atoms with Crippen molar-refractivity contribution >= 4 is 100 Å². The Morgan fingerprint density at radius 1 is 0.354 bits per heavy atom. The number of phenols is 6. The number of carbonyl (C=O) groups is 2. The van der Waals surface area contributed by atoms with E-state index in [0.29, 0.717) is 66.4 Å². The van der Waals surface area contributed by atoms with Crippen LogP contribution in [0.2, 0.25) is 0 Å². The van der Waals surface area contributed by atoms with Crippen molar-refractivity contribution in [2.45, 2.75) is 32.1 Å². The normalized spacial score (nSPS) is 14.7. The van der Waals surface area contributed by atoms with Crippen LogP contribution >= 0.6 is 0 Å². The molecule has 0 fully saturated rings. The number of nitrogens with two attached hydrogens (primary N) is 2. The fraction of sp³-hybridized carbons (Fsp3) is 0.0595. The van der Waals surface area contributed by atoms with Crippen LogP contribution in [0.25, 0.3) is 48.6 Å². The largest absolute Gasteiger partial charge is 0.508 e. The summed E-state index contributed by atoms with van der Waals surface area (Å²) in [4.78, 5) is 22.5. The second kappa shape index (κ2) is 34.8. The monoisotopic (exact) mass is 1310 g/mol. The SMILES string of the molecule is C(=Cc1ccccc1)c1ccccc1.N=C1C=C(C=Cc2ccc(O)cc2)CC(=N)C1.N=C1C=CC(C=Cc2cc(O)cc(O)c2)=CC1.NC1=CC(=O)C=C(C=Cc2ccc(O)cc2)C1.NC1=CC(C=Cc2ccc(O)cc2)=CC(=O)C1.Oc1cc(C=Cc2ccc3c(c2)N3)cc2c1N2. The number of benzene rings is 8. The van der Waals surface area contributed by atoms with Gasteiger partial charge < -0.3 is 69.0 Å². The van der Waals surface area contributed by atoms with Crippen molar-refractivity contribution in [3.63, 3.8) is 0 Å². The minimum Gasteiger partial charge on any atom is -0.508 e. The lowest BCUT2D eigenvalue weighted by Crippen LogP contribution is -2.10. The molecule has 8 aromatic rings. The molecule has 15 N–H and O–H groups in total. The minimum absolute atomic E-state index is 0.0235. The van der Waals surface area contributed by atoms with Crippen molar-refractivity contribution in [1.29, 1.82) is 16.2 Å². The average molecular weight is 1310 g/mol. The molecule has 99 heavy (non-hydrogen) atoms. The molecule has 0 radical (unpaired) electrons. The van der Waals surface area contributed by atoms with Crippen molar-refractivity contribution in [2.75, 3.05) is 10.6 Å². The van der Waals surface area contributed by atoms with Gasteiger partial charge in [0, 0.05) is 66.4 Å². The number of anilines is 4. The Bertz CT molecular complexity index is 4650. The van der Waals surface area contributed by atoms with Gasteiger partial charge in [0.05, 0.1) is 23.5 Å². The van der Waals surface area contributed by atoms with Crippen LogP contribution in [-0.4, -0.2) is 59.3 Å². The van der Waals surface area contributed by atoms with Crippen LogP contribution in [0.5, 0.6) is 34.5 Å². The fourth-order valence-corrected chi connectivity index (χ4v) is 9.93. The van der Waals surface area contributed by atoms with Crippen LogP contribution in [-0.2, 0) is 9.59 Å². The predicted molar refractivity (Wildman–Crippen MR) is 404 cm³/mol. The third-order valence-electron chi connectivity index (χ3n) is 15.0. The van der Waals surface area contributed by atoms with Crippen LogP contribution in [0.3, 0.4) is 0 Å². The maximum absolute atomic E-state index is 11.3. The van der Waals surface area contributed by atoms with Gasteiger partial charge >= 0.3 is 0 Å². The van der Waals surface area contributed by atoms with Crippen LogP contribution < -0.4 is 22.1 Å². The van der Waals surface area contributed by atoms with Crippen molar-refractivity contribution in [3.8, 4) is 34.5 Å². The zero-order valence-electron chi connectivity index (χ0n) is 54.1. The van der Waals surface area contributed by atoms with Gasteiger partial charge in [-0.1, -0.05) is 188 Å². The highest BCUT2D eigenvalue weighted by molar-refractivity contribution is 6.11. The zero-order valence-corrected chi connectivity index (χ0v) is 54.1. The Morgan fingerprint density at radius 3 is 1.35 bits per heavy atom. The molecule has 2 heterocycles. The minimum atomic E-state index is -0.0703. The van der Waals surface area contributed by atoms with Gasteiger partial charge in [0.1, 0.15) is 40.2 Å². The number of ketones is 2. The highest BCUT2D eigenvalue weighted by Gasteiger charge is 2.21. The summed E-state index contributed by atoms with van der Waals surface area (Å²) in [7, 11) is 0. The quantitative estimate of drug-likeness (QED) is 0.0309. The molecule has 0 saturated heterocycles. The first-order valence-electron chi connectivity index (χ1n) is 31.6. The molecule has 0 atom stereocenters. The number of phenolic OH excluding ortho intramolecular Hbond substituents is 6. The lowest BCUT2D eigenvalue weighted by atomic mass is 9.95. The lowest BCUT2D eigenvalue weighted by molar-refractivity contribution is -0.114. The van der Waals surface area contributed by atoms with Crippen LogP contribution in [0.1, 0.15) is 76.6 Å². The molecule has 15 nitrogen and oxygen atoms in total. The summed E-state index contributed by atoms with van der Waals surface area (Å²) < 4.78 is 0. The van der Waals surface area contributed by atoms with E-state index in [9.17, 15) is 24.9 Å². The van der Waals surface area contributed by atoms with E-state index < -0.39 is 0 Å². The number of hydrogen-bond acceptors (Lipinski definition) is 15. The summed E-state index contributed by atoms with van der Waals surface area (Å²) in [6.07, 6.45) is 39.7. The third kappa shape index (κ3) is 24.5. The van der Waals surface area contributed by atoms with Crippen LogP contribution in [0, 0.1) is 16.2 Å². The van der Waals surface area contributed by atoms with Crippen molar-refractivity contribution in [1.82, 2.24) is 0 Å². The molecule has 0 spiro atoms. The van der Waals surface area contributed by atoms with E-state index >= 15 is 0 Å². The van der Waals surface area contributed by atoms with Gasteiger partial charge in [-0.05, 0) is 170 Å². The number of carbonyl (C=O) groups excluding carboxylic acids is 2. The van der Waals surface area contributed by atoms with E-state index in [0.717, 1.165) is 67.0 Å².